The van der Waals surface area contributed by atoms with Gasteiger partial charge in [-0.25, -0.2) is 0 Å². The molecule has 1 unspecified atom stereocenters. The Balaban J connectivity index is 1.41. The maximum atomic E-state index is 12.7. The van der Waals surface area contributed by atoms with Crippen LogP contribution in [-0.4, -0.2) is 15.7 Å². The van der Waals surface area contributed by atoms with E-state index in [1.807, 2.05) is 17.9 Å². The molecule has 23 heavy (non-hydrogen) atoms. The van der Waals surface area contributed by atoms with Gasteiger partial charge in [0.2, 0.25) is 5.91 Å². The molecule has 1 N–H and O–H groups in total. The Bertz CT molecular complexity index is 583. The second kappa shape index (κ2) is 5.35. The van der Waals surface area contributed by atoms with E-state index in [2.05, 4.69) is 24.3 Å². The number of carbonyl (C=O) groups is 1. The molecule has 0 spiro atoms. The van der Waals surface area contributed by atoms with Crippen molar-refractivity contribution in [3.8, 4) is 0 Å². The number of amides is 1. The predicted octanol–water partition coefficient (Wildman–Crippen LogP) is 3.51. The van der Waals surface area contributed by atoms with Crippen LogP contribution in [0, 0.1) is 30.1 Å². The molecule has 4 saturated carbocycles. The largest absolute Gasteiger partial charge is 0.349 e. The predicted molar refractivity (Wildman–Crippen MR) is 89.7 cm³/mol. The number of rotatable bonds is 4. The van der Waals surface area contributed by atoms with Crippen LogP contribution in [0.1, 0.15) is 69.2 Å². The van der Waals surface area contributed by atoms with Gasteiger partial charge in [-0.05, 0) is 75.5 Å². The summed E-state index contributed by atoms with van der Waals surface area (Å²) in [6, 6.07) is 0.0464. The Labute approximate surface area is 139 Å². The number of hydrogen-bond donors (Lipinski definition) is 1. The Morgan fingerprint density at radius 2 is 1.87 bits per heavy atom. The third-order valence-corrected chi connectivity index (χ3v) is 6.82. The van der Waals surface area contributed by atoms with Crippen molar-refractivity contribution >= 4 is 5.91 Å². The molecule has 4 bridgehead atoms. The van der Waals surface area contributed by atoms with Gasteiger partial charge in [-0.3, -0.25) is 9.48 Å². The van der Waals surface area contributed by atoms with Gasteiger partial charge in [0, 0.05) is 24.7 Å². The molecular formula is C19H29N3O. The fraction of sp³-hybridized carbons (Fsp3) is 0.789. The van der Waals surface area contributed by atoms with Crippen LogP contribution in [0.4, 0.5) is 0 Å². The highest BCUT2D eigenvalue weighted by atomic mass is 16.1. The molecule has 4 heteroatoms. The minimum absolute atomic E-state index is 0.0464. The standard InChI is InChI=1S/C19H29N3O/c1-12(17-11-20-22(3)13(17)2)21-18(23)10-19-7-14-4-15(8-19)6-16(5-14)9-19/h11-12,14-16H,4-10H2,1-3H3,(H,21,23). The molecule has 4 fully saturated rings. The summed E-state index contributed by atoms with van der Waals surface area (Å²) in [6.07, 6.45) is 10.8. The number of nitrogens with one attached hydrogen (secondary N) is 1. The van der Waals surface area contributed by atoms with E-state index >= 15 is 0 Å². The fourth-order valence-electron chi connectivity index (χ4n) is 6.16. The summed E-state index contributed by atoms with van der Waals surface area (Å²) in [5.74, 6) is 2.97. The molecule has 5 rings (SSSR count). The summed E-state index contributed by atoms with van der Waals surface area (Å²) in [5.41, 5.74) is 2.58. The van der Waals surface area contributed by atoms with Crippen molar-refractivity contribution in [1.82, 2.24) is 15.1 Å². The van der Waals surface area contributed by atoms with E-state index in [0.717, 1.165) is 35.4 Å². The van der Waals surface area contributed by atoms with E-state index in [0.29, 0.717) is 5.41 Å². The number of nitrogens with zero attached hydrogens (tertiary/aromatic N) is 2. The van der Waals surface area contributed by atoms with Crippen LogP contribution in [0.25, 0.3) is 0 Å². The normalized spacial score (nSPS) is 36.2. The van der Waals surface area contributed by atoms with Crippen molar-refractivity contribution in [3.63, 3.8) is 0 Å². The molecule has 1 atom stereocenters. The molecule has 0 radical (unpaired) electrons. The molecule has 1 amide bonds. The van der Waals surface area contributed by atoms with E-state index in [-0.39, 0.29) is 11.9 Å². The van der Waals surface area contributed by atoms with Crippen molar-refractivity contribution in [1.29, 1.82) is 0 Å². The highest BCUT2D eigenvalue weighted by Crippen LogP contribution is 2.61. The van der Waals surface area contributed by atoms with Crippen LogP contribution in [0.15, 0.2) is 6.20 Å². The van der Waals surface area contributed by atoms with Gasteiger partial charge in [0.05, 0.1) is 12.2 Å². The molecule has 1 aromatic heterocycles. The lowest BCUT2D eigenvalue weighted by Crippen LogP contribution is -2.48. The first kappa shape index (κ1) is 15.2. The van der Waals surface area contributed by atoms with Crippen LogP contribution in [0.2, 0.25) is 0 Å². The molecule has 4 aliphatic rings. The number of hydrogen-bond acceptors (Lipinski definition) is 2. The molecule has 1 heterocycles. The van der Waals surface area contributed by atoms with Gasteiger partial charge < -0.3 is 5.32 Å². The second-order valence-corrected chi connectivity index (χ2v) is 8.69. The fourth-order valence-corrected chi connectivity index (χ4v) is 6.16. The molecule has 0 aromatic carbocycles. The van der Waals surface area contributed by atoms with Crippen LogP contribution in [0.3, 0.4) is 0 Å². The van der Waals surface area contributed by atoms with E-state index < -0.39 is 0 Å². The van der Waals surface area contributed by atoms with Crippen molar-refractivity contribution in [2.24, 2.45) is 30.2 Å². The number of aryl methyl sites for hydroxylation is 1. The van der Waals surface area contributed by atoms with Gasteiger partial charge in [-0.2, -0.15) is 5.10 Å². The van der Waals surface area contributed by atoms with Crippen LogP contribution < -0.4 is 5.32 Å². The summed E-state index contributed by atoms with van der Waals surface area (Å²) in [5, 5.41) is 7.52. The van der Waals surface area contributed by atoms with E-state index in [1.165, 1.54) is 38.5 Å². The highest BCUT2D eigenvalue weighted by molar-refractivity contribution is 5.77. The minimum Gasteiger partial charge on any atom is -0.349 e. The zero-order valence-electron chi connectivity index (χ0n) is 14.6. The lowest BCUT2D eigenvalue weighted by Gasteiger charge is -2.56. The summed E-state index contributed by atoms with van der Waals surface area (Å²) in [4.78, 5) is 12.7. The lowest BCUT2D eigenvalue weighted by molar-refractivity contribution is -0.130. The molecule has 126 valence electrons. The summed E-state index contributed by atoms with van der Waals surface area (Å²) < 4.78 is 1.87. The molecule has 1 aromatic rings. The Kier molecular flexibility index (Phi) is 3.54. The van der Waals surface area contributed by atoms with E-state index in [1.54, 1.807) is 0 Å². The average molecular weight is 315 g/mol. The lowest BCUT2D eigenvalue weighted by atomic mass is 9.49. The van der Waals surface area contributed by atoms with Crippen molar-refractivity contribution in [2.75, 3.05) is 0 Å². The maximum Gasteiger partial charge on any atom is 0.221 e. The summed E-state index contributed by atoms with van der Waals surface area (Å²) in [6.45, 7) is 4.13. The first-order chi connectivity index (χ1) is 10.9. The summed E-state index contributed by atoms with van der Waals surface area (Å²) in [7, 11) is 1.95. The van der Waals surface area contributed by atoms with Crippen molar-refractivity contribution in [2.45, 2.75) is 64.8 Å². The second-order valence-electron chi connectivity index (χ2n) is 8.69. The monoisotopic (exact) mass is 315 g/mol. The molecule has 0 aliphatic heterocycles. The smallest absolute Gasteiger partial charge is 0.221 e. The average Bonchev–Trinajstić information content (AvgIpc) is 2.76. The quantitative estimate of drug-likeness (QED) is 0.924. The van der Waals surface area contributed by atoms with Gasteiger partial charge in [0.1, 0.15) is 0 Å². The van der Waals surface area contributed by atoms with Crippen molar-refractivity contribution < 1.29 is 4.79 Å². The first-order valence-corrected chi connectivity index (χ1v) is 9.22. The summed E-state index contributed by atoms with van der Waals surface area (Å²) >= 11 is 0. The number of aromatic nitrogens is 2. The van der Waals surface area contributed by atoms with Gasteiger partial charge >= 0.3 is 0 Å². The number of carbonyl (C=O) groups excluding carboxylic acids is 1. The highest BCUT2D eigenvalue weighted by Gasteiger charge is 2.51. The Morgan fingerprint density at radius 1 is 1.30 bits per heavy atom. The van der Waals surface area contributed by atoms with Crippen molar-refractivity contribution in [3.05, 3.63) is 17.5 Å². The third-order valence-electron chi connectivity index (χ3n) is 6.82. The first-order valence-electron chi connectivity index (χ1n) is 9.22. The van der Waals surface area contributed by atoms with E-state index in [9.17, 15) is 4.79 Å². The van der Waals surface area contributed by atoms with Gasteiger partial charge in [-0.15, -0.1) is 0 Å². The SMILES string of the molecule is Cc1c(C(C)NC(=O)CC23CC4CC(CC(C4)C2)C3)cnn1C. The van der Waals surface area contributed by atoms with Crippen LogP contribution in [0.5, 0.6) is 0 Å². The maximum absolute atomic E-state index is 12.7. The van der Waals surface area contributed by atoms with Gasteiger partial charge in [0.25, 0.3) is 0 Å². The van der Waals surface area contributed by atoms with E-state index in [4.69, 9.17) is 0 Å². The molecule has 0 saturated heterocycles. The topological polar surface area (TPSA) is 46.9 Å². The molecule has 4 nitrogen and oxygen atoms in total. The minimum atomic E-state index is 0.0464. The van der Waals surface area contributed by atoms with Gasteiger partial charge in [0.15, 0.2) is 0 Å². The Hall–Kier alpha value is -1.32. The Morgan fingerprint density at radius 3 is 2.35 bits per heavy atom. The molecule has 4 aliphatic carbocycles. The van der Waals surface area contributed by atoms with Crippen LogP contribution in [-0.2, 0) is 11.8 Å². The third kappa shape index (κ3) is 2.70. The molecular weight excluding hydrogens is 286 g/mol. The van der Waals surface area contributed by atoms with Gasteiger partial charge in [-0.1, -0.05) is 0 Å². The van der Waals surface area contributed by atoms with Crippen LogP contribution >= 0.6 is 0 Å². The zero-order chi connectivity index (χ0) is 16.2. The zero-order valence-corrected chi connectivity index (χ0v) is 14.6.